The minimum atomic E-state index is -0.228. The van der Waals surface area contributed by atoms with Crippen molar-refractivity contribution in [1.29, 1.82) is 0 Å². The minimum absolute atomic E-state index is 0.0779. The number of para-hydroxylation sites is 1. The van der Waals surface area contributed by atoms with Gasteiger partial charge in [-0.15, -0.1) is 0 Å². The van der Waals surface area contributed by atoms with E-state index in [4.69, 9.17) is 0 Å². The predicted octanol–water partition coefficient (Wildman–Crippen LogP) is 5.50. The number of hydrogen-bond donors (Lipinski definition) is 1. The van der Waals surface area contributed by atoms with Gasteiger partial charge in [0.2, 0.25) is 0 Å². The molecule has 106 valence electrons. The van der Waals surface area contributed by atoms with Gasteiger partial charge in [-0.1, -0.05) is 45.0 Å². The molecule has 3 heteroatoms. The number of hydrogen-bond acceptors (Lipinski definition) is 1. The molecule has 1 N–H and O–H groups in total. The highest BCUT2D eigenvalue weighted by atomic mass is 79.9. The molecule has 0 aliphatic rings. The Hall–Kier alpha value is -1.35. The zero-order valence-electron chi connectivity index (χ0n) is 12.0. The van der Waals surface area contributed by atoms with Gasteiger partial charge in [-0.2, -0.15) is 0 Å². The van der Waals surface area contributed by atoms with Gasteiger partial charge in [-0.25, -0.2) is 4.39 Å². The Bertz CT molecular complexity index is 602. The molecule has 0 aliphatic carbocycles. The van der Waals surface area contributed by atoms with Crippen LogP contribution in [-0.4, -0.2) is 0 Å². The zero-order valence-corrected chi connectivity index (χ0v) is 13.6. The quantitative estimate of drug-likeness (QED) is 0.781. The topological polar surface area (TPSA) is 12.0 Å². The summed E-state index contributed by atoms with van der Waals surface area (Å²) in [5.74, 6) is -0.228. The fourth-order valence-corrected chi connectivity index (χ4v) is 2.38. The predicted molar refractivity (Wildman–Crippen MR) is 86.6 cm³/mol. The van der Waals surface area contributed by atoms with Gasteiger partial charge in [0.05, 0.1) is 4.47 Å². The van der Waals surface area contributed by atoms with Gasteiger partial charge in [0.1, 0.15) is 5.82 Å². The molecule has 0 amide bonds. The molecule has 0 bridgehead atoms. The molecule has 2 aromatic rings. The maximum atomic E-state index is 13.5. The SMILES string of the molecule is CC(C)(C)c1ccccc1NCc1ccc(Br)c(F)c1. The Labute approximate surface area is 128 Å². The van der Waals surface area contributed by atoms with E-state index >= 15 is 0 Å². The van der Waals surface area contributed by atoms with Gasteiger partial charge < -0.3 is 5.32 Å². The van der Waals surface area contributed by atoms with Crippen molar-refractivity contribution in [2.45, 2.75) is 32.7 Å². The summed E-state index contributed by atoms with van der Waals surface area (Å²) in [4.78, 5) is 0. The normalized spacial score (nSPS) is 11.4. The van der Waals surface area contributed by atoms with E-state index in [2.05, 4.69) is 54.2 Å². The number of benzene rings is 2. The third-order valence-corrected chi connectivity index (χ3v) is 3.85. The van der Waals surface area contributed by atoms with E-state index in [1.54, 1.807) is 12.1 Å². The molecule has 0 aromatic heterocycles. The van der Waals surface area contributed by atoms with Gasteiger partial charge >= 0.3 is 0 Å². The summed E-state index contributed by atoms with van der Waals surface area (Å²) in [5, 5.41) is 3.40. The lowest BCUT2D eigenvalue weighted by Crippen LogP contribution is -2.14. The first-order valence-corrected chi connectivity index (χ1v) is 7.44. The van der Waals surface area contributed by atoms with E-state index in [-0.39, 0.29) is 11.2 Å². The molecule has 0 heterocycles. The van der Waals surface area contributed by atoms with E-state index in [9.17, 15) is 4.39 Å². The Balaban J connectivity index is 2.17. The van der Waals surface area contributed by atoms with Crippen LogP contribution >= 0.6 is 15.9 Å². The van der Waals surface area contributed by atoms with Crippen molar-refractivity contribution < 1.29 is 4.39 Å². The highest BCUT2D eigenvalue weighted by molar-refractivity contribution is 9.10. The third kappa shape index (κ3) is 3.60. The molecule has 20 heavy (non-hydrogen) atoms. The first-order chi connectivity index (χ1) is 9.38. The van der Waals surface area contributed by atoms with Crippen molar-refractivity contribution in [1.82, 2.24) is 0 Å². The highest BCUT2D eigenvalue weighted by Gasteiger charge is 2.17. The van der Waals surface area contributed by atoms with Gasteiger partial charge in [-0.3, -0.25) is 0 Å². The summed E-state index contributed by atoms with van der Waals surface area (Å²) in [6.07, 6.45) is 0. The number of rotatable bonds is 3. The van der Waals surface area contributed by atoms with Gasteiger partial charge in [-0.05, 0) is 50.7 Å². The second-order valence-corrected chi connectivity index (χ2v) is 6.75. The van der Waals surface area contributed by atoms with Gasteiger partial charge in [0.15, 0.2) is 0 Å². The lowest BCUT2D eigenvalue weighted by Gasteiger charge is -2.23. The Morgan fingerprint density at radius 1 is 1.10 bits per heavy atom. The third-order valence-electron chi connectivity index (χ3n) is 3.20. The Kier molecular flexibility index (Phi) is 4.48. The molecule has 0 saturated carbocycles. The molecule has 0 radical (unpaired) electrons. The molecule has 2 aromatic carbocycles. The zero-order chi connectivity index (χ0) is 14.8. The van der Waals surface area contributed by atoms with Crippen LogP contribution in [0.3, 0.4) is 0 Å². The second kappa shape index (κ2) is 5.96. The van der Waals surface area contributed by atoms with E-state index < -0.39 is 0 Å². The second-order valence-electron chi connectivity index (χ2n) is 5.90. The molecular formula is C17H19BrFN. The van der Waals surface area contributed by atoms with E-state index in [1.165, 1.54) is 5.56 Å². The maximum Gasteiger partial charge on any atom is 0.137 e. The standard InChI is InChI=1S/C17H19BrFN/c1-17(2,3)13-6-4-5-7-16(13)20-11-12-8-9-14(18)15(19)10-12/h4-10,20H,11H2,1-3H3. The molecule has 0 unspecified atom stereocenters. The summed E-state index contributed by atoms with van der Waals surface area (Å²) in [6, 6.07) is 13.5. The van der Waals surface area contributed by atoms with E-state index in [1.807, 2.05) is 18.2 Å². The summed E-state index contributed by atoms with van der Waals surface area (Å²) < 4.78 is 14.0. The first-order valence-electron chi connectivity index (χ1n) is 6.65. The first kappa shape index (κ1) is 15.0. The molecule has 1 nitrogen and oxygen atoms in total. The monoisotopic (exact) mass is 335 g/mol. The maximum absolute atomic E-state index is 13.5. The van der Waals surface area contributed by atoms with Crippen LogP contribution in [0.25, 0.3) is 0 Å². The molecule has 0 aliphatic heterocycles. The number of halogens is 2. The van der Waals surface area contributed by atoms with Crippen molar-refractivity contribution in [3.63, 3.8) is 0 Å². The van der Waals surface area contributed by atoms with E-state index in [0.29, 0.717) is 11.0 Å². The van der Waals surface area contributed by atoms with Crippen LogP contribution in [0.4, 0.5) is 10.1 Å². The largest absolute Gasteiger partial charge is 0.381 e. The summed E-state index contributed by atoms with van der Waals surface area (Å²) in [6.45, 7) is 7.17. The van der Waals surface area contributed by atoms with Crippen molar-refractivity contribution in [3.05, 3.63) is 63.9 Å². The average Bonchev–Trinajstić information content (AvgIpc) is 2.39. The van der Waals surface area contributed by atoms with Crippen molar-refractivity contribution in [2.24, 2.45) is 0 Å². The van der Waals surface area contributed by atoms with Crippen LogP contribution in [-0.2, 0) is 12.0 Å². The molecular weight excluding hydrogens is 317 g/mol. The van der Waals surface area contributed by atoms with Crippen LogP contribution < -0.4 is 5.32 Å². The number of anilines is 1. The molecule has 0 fully saturated rings. The summed E-state index contributed by atoms with van der Waals surface area (Å²) in [5.41, 5.74) is 3.37. The van der Waals surface area contributed by atoms with Crippen LogP contribution in [0.15, 0.2) is 46.9 Å². The van der Waals surface area contributed by atoms with Crippen molar-refractivity contribution >= 4 is 21.6 Å². The average molecular weight is 336 g/mol. The van der Waals surface area contributed by atoms with Crippen molar-refractivity contribution in [2.75, 3.05) is 5.32 Å². The van der Waals surface area contributed by atoms with Gasteiger partial charge in [0, 0.05) is 12.2 Å². The number of nitrogens with one attached hydrogen (secondary N) is 1. The smallest absolute Gasteiger partial charge is 0.137 e. The fraction of sp³-hybridized carbons (Fsp3) is 0.294. The molecule has 0 spiro atoms. The van der Waals surface area contributed by atoms with Crippen LogP contribution in [0.2, 0.25) is 0 Å². The molecule has 0 saturated heterocycles. The lowest BCUT2D eigenvalue weighted by atomic mass is 9.86. The highest BCUT2D eigenvalue weighted by Crippen LogP contribution is 2.29. The lowest BCUT2D eigenvalue weighted by molar-refractivity contribution is 0.591. The minimum Gasteiger partial charge on any atom is -0.381 e. The molecule has 2 rings (SSSR count). The summed E-state index contributed by atoms with van der Waals surface area (Å²) >= 11 is 3.17. The van der Waals surface area contributed by atoms with E-state index in [0.717, 1.165) is 11.3 Å². The van der Waals surface area contributed by atoms with Gasteiger partial charge in [0.25, 0.3) is 0 Å². The molecule has 0 atom stereocenters. The van der Waals surface area contributed by atoms with Crippen LogP contribution in [0, 0.1) is 5.82 Å². The van der Waals surface area contributed by atoms with Crippen LogP contribution in [0.5, 0.6) is 0 Å². The summed E-state index contributed by atoms with van der Waals surface area (Å²) in [7, 11) is 0. The Morgan fingerprint density at radius 3 is 2.45 bits per heavy atom. The van der Waals surface area contributed by atoms with Crippen LogP contribution in [0.1, 0.15) is 31.9 Å². The fourth-order valence-electron chi connectivity index (χ4n) is 2.14. The Morgan fingerprint density at radius 2 is 1.80 bits per heavy atom. The van der Waals surface area contributed by atoms with Crippen molar-refractivity contribution in [3.8, 4) is 0 Å².